The molecule has 0 radical (unpaired) electrons. The van der Waals surface area contributed by atoms with Gasteiger partial charge in [-0.25, -0.2) is 4.39 Å². The fraction of sp³-hybridized carbons (Fsp3) is 0.0714. The summed E-state index contributed by atoms with van der Waals surface area (Å²) >= 11 is 9.31. The number of anilines is 1. The highest BCUT2D eigenvalue weighted by molar-refractivity contribution is 9.10. The summed E-state index contributed by atoms with van der Waals surface area (Å²) in [4.78, 5) is 11.1. The van der Waals surface area contributed by atoms with Crippen molar-refractivity contribution in [2.75, 3.05) is 5.32 Å². The van der Waals surface area contributed by atoms with Crippen molar-refractivity contribution in [3.05, 3.63) is 62.8 Å². The Morgan fingerprint density at radius 1 is 1.30 bits per heavy atom. The zero-order valence-corrected chi connectivity index (χ0v) is 12.6. The molecule has 3 nitrogen and oxygen atoms in total. The van der Waals surface area contributed by atoms with Crippen LogP contribution < -0.4 is 11.1 Å². The van der Waals surface area contributed by atoms with E-state index in [1.54, 1.807) is 12.1 Å². The van der Waals surface area contributed by atoms with Gasteiger partial charge in [0.05, 0.1) is 5.69 Å². The maximum atomic E-state index is 13.7. The van der Waals surface area contributed by atoms with Gasteiger partial charge in [0.15, 0.2) is 0 Å². The lowest BCUT2D eigenvalue weighted by atomic mass is 10.1. The third-order valence-electron chi connectivity index (χ3n) is 2.73. The Morgan fingerprint density at radius 3 is 2.75 bits per heavy atom. The van der Waals surface area contributed by atoms with Crippen molar-refractivity contribution in [3.8, 4) is 0 Å². The lowest BCUT2D eigenvalue weighted by molar-refractivity contribution is 0.100. The summed E-state index contributed by atoms with van der Waals surface area (Å²) in [5, 5.41) is 3.51. The van der Waals surface area contributed by atoms with E-state index in [2.05, 4.69) is 21.2 Å². The quantitative estimate of drug-likeness (QED) is 0.870. The molecule has 0 unspecified atom stereocenters. The number of nitrogens with two attached hydrogens (primary N) is 1. The minimum Gasteiger partial charge on any atom is -0.379 e. The summed E-state index contributed by atoms with van der Waals surface area (Å²) in [6.45, 7) is 0.361. The predicted octanol–water partition coefficient (Wildman–Crippen LogP) is 3.95. The largest absolute Gasteiger partial charge is 0.379 e. The molecule has 0 aromatic heterocycles. The Labute approximate surface area is 129 Å². The molecule has 0 aliphatic heterocycles. The van der Waals surface area contributed by atoms with Gasteiger partial charge in [-0.05, 0) is 42.0 Å². The highest BCUT2D eigenvalue weighted by Gasteiger charge is 2.08. The number of hydrogen-bond acceptors (Lipinski definition) is 2. The second kappa shape index (κ2) is 6.24. The van der Waals surface area contributed by atoms with Crippen LogP contribution in [0.2, 0.25) is 5.02 Å². The maximum Gasteiger partial charge on any atom is 0.248 e. The molecule has 104 valence electrons. The van der Waals surface area contributed by atoms with E-state index in [1.807, 2.05) is 6.07 Å². The van der Waals surface area contributed by atoms with Gasteiger partial charge in [0.25, 0.3) is 0 Å². The number of rotatable bonds is 4. The highest BCUT2D eigenvalue weighted by Crippen LogP contribution is 2.23. The first kappa shape index (κ1) is 14.8. The van der Waals surface area contributed by atoms with Gasteiger partial charge in [0, 0.05) is 21.6 Å². The minimum absolute atomic E-state index is 0.216. The number of carbonyl (C=O) groups excluding carboxylic acids is 1. The summed E-state index contributed by atoms with van der Waals surface area (Å²) in [5.41, 5.74) is 6.51. The topological polar surface area (TPSA) is 55.1 Å². The number of primary amides is 1. The smallest absolute Gasteiger partial charge is 0.248 e. The average Bonchev–Trinajstić information content (AvgIpc) is 2.41. The van der Waals surface area contributed by atoms with Crippen molar-refractivity contribution < 1.29 is 9.18 Å². The molecular formula is C14H11BrClFN2O. The van der Waals surface area contributed by atoms with E-state index in [1.165, 1.54) is 18.2 Å². The molecule has 6 heteroatoms. The lowest BCUT2D eigenvalue weighted by Crippen LogP contribution is -2.12. The van der Waals surface area contributed by atoms with Crippen LogP contribution in [0.25, 0.3) is 0 Å². The summed E-state index contributed by atoms with van der Waals surface area (Å²) in [6, 6.07) is 9.27. The van der Waals surface area contributed by atoms with E-state index in [4.69, 9.17) is 17.3 Å². The molecule has 2 aromatic rings. The molecule has 0 bridgehead atoms. The summed E-state index contributed by atoms with van der Waals surface area (Å²) in [5.74, 6) is -1.05. The molecule has 0 aliphatic rings. The number of amides is 1. The van der Waals surface area contributed by atoms with Crippen LogP contribution in [0.4, 0.5) is 10.1 Å². The Bertz CT molecular complexity index is 664. The average molecular weight is 358 g/mol. The van der Waals surface area contributed by atoms with Crippen molar-refractivity contribution in [2.45, 2.75) is 6.54 Å². The number of hydrogen-bond donors (Lipinski definition) is 2. The van der Waals surface area contributed by atoms with Crippen molar-refractivity contribution in [1.29, 1.82) is 0 Å². The van der Waals surface area contributed by atoms with Crippen LogP contribution in [-0.4, -0.2) is 5.91 Å². The second-order valence-electron chi connectivity index (χ2n) is 4.15. The Kier molecular flexibility index (Phi) is 4.62. The fourth-order valence-electron chi connectivity index (χ4n) is 1.68. The Morgan fingerprint density at radius 2 is 2.05 bits per heavy atom. The first-order valence-corrected chi connectivity index (χ1v) is 6.91. The molecule has 0 atom stereocenters. The van der Waals surface area contributed by atoms with Gasteiger partial charge in [-0.3, -0.25) is 4.79 Å². The SMILES string of the molecule is NC(=O)c1ccc(F)c(NCc2cc(Cl)ccc2Br)c1. The molecule has 2 rings (SSSR count). The van der Waals surface area contributed by atoms with E-state index in [-0.39, 0.29) is 11.3 Å². The zero-order chi connectivity index (χ0) is 14.7. The first-order chi connectivity index (χ1) is 9.47. The van der Waals surface area contributed by atoms with Crippen LogP contribution in [0.5, 0.6) is 0 Å². The predicted molar refractivity (Wildman–Crippen MR) is 81.4 cm³/mol. The summed E-state index contributed by atoms with van der Waals surface area (Å²) in [6.07, 6.45) is 0. The number of halogens is 3. The molecule has 2 aromatic carbocycles. The normalized spacial score (nSPS) is 10.3. The third-order valence-corrected chi connectivity index (χ3v) is 3.74. The van der Waals surface area contributed by atoms with Crippen LogP contribution in [0.1, 0.15) is 15.9 Å². The number of nitrogens with one attached hydrogen (secondary N) is 1. The molecule has 0 aliphatic carbocycles. The van der Waals surface area contributed by atoms with Gasteiger partial charge in [0.1, 0.15) is 5.82 Å². The zero-order valence-electron chi connectivity index (χ0n) is 10.3. The van der Waals surface area contributed by atoms with Gasteiger partial charge in [-0.2, -0.15) is 0 Å². The maximum absolute atomic E-state index is 13.7. The van der Waals surface area contributed by atoms with Crippen molar-refractivity contribution in [3.63, 3.8) is 0 Å². The molecule has 0 heterocycles. The third kappa shape index (κ3) is 3.49. The van der Waals surface area contributed by atoms with Gasteiger partial charge < -0.3 is 11.1 Å². The Balaban J connectivity index is 2.20. The standard InChI is InChI=1S/C14H11BrClFN2O/c15-11-3-2-10(16)5-9(11)7-19-13-6-8(14(18)20)1-4-12(13)17/h1-6,19H,7H2,(H2,18,20). The van der Waals surface area contributed by atoms with Crippen molar-refractivity contribution >= 4 is 39.1 Å². The van der Waals surface area contributed by atoms with Crippen LogP contribution in [0.3, 0.4) is 0 Å². The van der Waals surface area contributed by atoms with Crippen molar-refractivity contribution in [1.82, 2.24) is 0 Å². The molecule has 0 fully saturated rings. The second-order valence-corrected chi connectivity index (χ2v) is 5.44. The molecule has 0 saturated heterocycles. The molecule has 0 saturated carbocycles. The monoisotopic (exact) mass is 356 g/mol. The van der Waals surface area contributed by atoms with E-state index in [0.717, 1.165) is 10.0 Å². The molecule has 0 spiro atoms. The van der Waals surface area contributed by atoms with E-state index < -0.39 is 11.7 Å². The minimum atomic E-state index is -0.600. The lowest BCUT2D eigenvalue weighted by Gasteiger charge is -2.10. The first-order valence-electron chi connectivity index (χ1n) is 5.74. The van der Waals surface area contributed by atoms with Gasteiger partial charge in [-0.1, -0.05) is 27.5 Å². The fourth-order valence-corrected chi connectivity index (χ4v) is 2.26. The van der Waals surface area contributed by atoms with E-state index >= 15 is 0 Å². The molecule has 3 N–H and O–H groups in total. The van der Waals surface area contributed by atoms with Gasteiger partial charge in [0.2, 0.25) is 5.91 Å². The highest BCUT2D eigenvalue weighted by atomic mass is 79.9. The van der Waals surface area contributed by atoms with Crippen LogP contribution in [0, 0.1) is 5.82 Å². The van der Waals surface area contributed by atoms with Crippen molar-refractivity contribution in [2.24, 2.45) is 5.73 Å². The van der Waals surface area contributed by atoms with Crippen LogP contribution >= 0.6 is 27.5 Å². The molecule has 1 amide bonds. The molecule has 20 heavy (non-hydrogen) atoms. The summed E-state index contributed by atoms with van der Waals surface area (Å²) in [7, 11) is 0. The summed E-state index contributed by atoms with van der Waals surface area (Å²) < 4.78 is 14.5. The number of benzene rings is 2. The number of carbonyl (C=O) groups is 1. The van der Waals surface area contributed by atoms with Gasteiger partial charge in [-0.15, -0.1) is 0 Å². The van der Waals surface area contributed by atoms with Crippen LogP contribution in [-0.2, 0) is 6.54 Å². The van der Waals surface area contributed by atoms with E-state index in [9.17, 15) is 9.18 Å². The molecular weight excluding hydrogens is 347 g/mol. The van der Waals surface area contributed by atoms with E-state index in [0.29, 0.717) is 11.6 Å². The Hall–Kier alpha value is -1.59. The van der Waals surface area contributed by atoms with Crippen LogP contribution in [0.15, 0.2) is 40.9 Å². The van der Waals surface area contributed by atoms with Gasteiger partial charge >= 0.3 is 0 Å².